The number of hydrogen-bond acceptors (Lipinski definition) is 5. The molecule has 0 radical (unpaired) electrons. The summed E-state index contributed by atoms with van der Waals surface area (Å²) < 4.78 is 0.469. The van der Waals surface area contributed by atoms with Crippen LogP contribution in [-0.4, -0.2) is 26.0 Å². The normalized spacial score (nSPS) is 10.0. The number of hydrogen-bond donors (Lipinski definition) is 1. The van der Waals surface area contributed by atoms with Gasteiger partial charge in [-0.3, -0.25) is 0 Å². The third-order valence-corrected chi connectivity index (χ3v) is 4.08. The average Bonchev–Trinajstić information content (AvgIpc) is 2.92. The van der Waals surface area contributed by atoms with E-state index in [0.717, 1.165) is 15.6 Å². The number of aromatic nitrogens is 2. The van der Waals surface area contributed by atoms with E-state index in [-0.39, 0.29) is 0 Å². The van der Waals surface area contributed by atoms with E-state index >= 15 is 0 Å². The molecule has 0 aliphatic heterocycles. The first-order valence-electron chi connectivity index (χ1n) is 5.93. The van der Waals surface area contributed by atoms with Crippen LogP contribution in [0.2, 0.25) is 0 Å². The SMILES string of the molecule is N#CCCN(Cc1nnc(-c2ccccc2)s1)C(=S)S. The van der Waals surface area contributed by atoms with E-state index < -0.39 is 0 Å². The summed E-state index contributed by atoms with van der Waals surface area (Å²) in [6.45, 7) is 1.09. The van der Waals surface area contributed by atoms with Gasteiger partial charge in [0.1, 0.15) is 14.3 Å². The van der Waals surface area contributed by atoms with Crippen LogP contribution >= 0.6 is 36.2 Å². The lowest BCUT2D eigenvalue weighted by Gasteiger charge is -2.19. The lowest BCUT2D eigenvalue weighted by Crippen LogP contribution is -2.26. The van der Waals surface area contributed by atoms with Crippen LogP contribution in [0.15, 0.2) is 30.3 Å². The first-order chi connectivity index (χ1) is 9.70. The number of nitrogens with zero attached hydrogens (tertiary/aromatic N) is 4. The van der Waals surface area contributed by atoms with Gasteiger partial charge in [0.25, 0.3) is 0 Å². The first kappa shape index (κ1) is 14.9. The fourth-order valence-electron chi connectivity index (χ4n) is 1.61. The summed E-state index contributed by atoms with van der Waals surface area (Å²) in [7, 11) is 0. The van der Waals surface area contributed by atoms with Gasteiger partial charge in [-0.2, -0.15) is 5.26 Å². The molecule has 0 bridgehead atoms. The Hall–Kier alpha value is -1.49. The van der Waals surface area contributed by atoms with Gasteiger partial charge in [-0.15, -0.1) is 22.8 Å². The molecule has 0 saturated carbocycles. The van der Waals surface area contributed by atoms with Crippen molar-refractivity contribution in [2.45, 2.75) is 13.0 Å². The van der Waals surface area contributed by atoms with Crippen LogP contribution in [0.5, 0.6) is 0 Å². The zero-order chi connectivity index (χ0) is 14.4. The fraction of sp³-hybridized carbons (Fsp3) is 0.231. The molecule has 0 aliphatic carbocycles. The maximum atomic E-state index is 8.65. The summed E-state index contributed by atoms with van der Waals surface area (Å²) in [6.07, 6.45) is 0.408. The summed E-state index contributed by atoms with van der Waals surface area (Å²) in [5.74, 6) is 0. The van der Waals surface area contributed by atoms with Gasteiger partial charge in [0.2, 0.25) is 0 Å². The van der Waals surface area contributed by atoms with Crippen LogP contribution in [0.3, 0.4) is 0 Å². The van der Waals surface area contributed by atoms with Gasteiger partial charge in [-0.1, -0.05) is 53.9 Å². The van der Waals surface area contributed by atoms with Crippen LogP contribution < -0.4 is 0 Å². The van der Waals surface area contributed by atoms with Crippen molar-refractivity contribution >= 4 is 40.5 Å². The van der Waals surface area contributed by atoms with E-state index in [1.165, 1.54) is 11.3 Å². The summed E-state index contributed by atoms with van der Waals surface area (Å²) in [6, 6.07) is 12.0. The predicted octanol–water partition coefficient (Wildman–Crippen LogP) is 3.14. The minimum Gasteiger partial charge on any atom is -0.350 e. The van der Waals surface area contributed by atoms with Gasteiger partial charge in [0.05, 0.1) is 19.0 Å². The molecule has 1 aromatic carbocycles. The molecule has 0 spiro atoms. The topological polar surface area (TPSA) is 52.8 Å². The highest BCUT2D eigenvalue weighted by molar-refractivity contribution is 8.10. The van der Waals surface area contributed by atoms with Crippen molar-refractivity contribution in [3.8, 4) is 16.6 Å². The molecule has 102 valence electrons. The predicted molar refractivity (Wildman–Crippen MR) is 87.6 cm³/mol. The van der Waals surface area contributed by atoms with Crippen LogP contribution in [0.1, 0.15) is 11.4 Å². The van der Waals surface area contributed by atoms with Gasteiger partial charge in [0, 0.05) is 12.1 Å². The second kappa shape index (κ2) is 7.33. The van der Waals surface area contributed by atoms with Crippen molar-refractivity contribution in [1.82, 2.24) is 15.1 Å². The number of nitriles is 1. The number of thiol groups is 1. The van der Waals surface area contributed by atoms with Crippen LogP contribution in [0.4, 0.5) is 0 Å². The molecule has 0 saturated heterocycles. The van der Waals surface area contributed by atoms with E-state index in [2.05, 4.69) is 28.9 Å². The second-order valence-corrected chi connectivity index (χ2v) is 6.15. The van der Waals surface area contributed by atoms with E-state index in [1.807, 2.05) is 35.2 Å². The number of rotatable bonds is 5. The van der Waals surface area contributed by atoms with Crippen molar-refractivity contribution in [3.63, 3.8) is 0 Å². The highest BCUT2D eigenvalue weighted by Gasteiger charge is 2.12. The molecule has 2 rings (SSSR count). The van der Waals surface area contributed by atoms with Crippen molar-refractivity contribution in [3.05, 3.63) is 35.3 Å². The van der Waals surface area contributed by atoms with E-state index in [9.17, 15) is 0 Å². The summed E-state index contributed by atoms with van der Waals surface area (Å²) in [4.78, 5) is 1.84. The molecule has 20 heavy (non-hydrogen) atoms. The molecule has 7 heteroatoms. The van der Waals surface area contributed by atoms with Crippen molar-refractivity contribution < 1.29 is 0 Å². The fourth-order valence-corrected chi connectivity index (χ4v) is 2.79. The van der Waals surface area contributed by atoms with Crippen molar-refractivity contribution in [2.24, 2.45) is 0 Å². The van der Waals surface area contributed by atoms with Gasteiger partial charge >= 0.3 is 0 Å². The van der Waals surface area contributed by atoms with E-state index in [0.29, 0.717) is 23.8 Å². The van der Waals surface area contributed by atoms with Crippen molar-refractivity contribution in [2.75, 3.05) is 6.54 Å². The molecular weight excluding hydrogens is 308 g/mol. The van der Waals surface area contributed by atoms with Gasteiger partial charge in [-0.05, 0) is 0 Å². The minimum atomic E-state index is 0.408. The summed E-state index contributed by atoms with van der Waals surface area (Å²) >= 11 is 10.8. The van der Waals surface area contributed by atoms with E-state index in [1.54, 1.807) is 0 Å². The summed E-state index contributed by atoms with van der Waals surface area (Å²) in [5.41, 5.74) is 1.05. The van der Waals surface area contributed by atoms with Gasteiger partial charge in [-0.25, -0.2) is 0 Å². The van der Waals surface area contributed by atoms with Gasteiger partial charge < -0.3 is 4.90 Å². The second-order valence-electron chi connectivity index (χ2n) is 3.98. The van der Waals surface area contributed by atoms with Crippen LogP contribution in [0, 0.1) is 11.3 Å². The quantitative estimate of drug-likeness (QED) is 0.677. The molecule has 0 aliphatic rings. The Bertz CT molecular complexity index is 618. The van der Waals surface area contributed by atoms with Crippen LogP contribution in [-0.2, 0) is 6.54 Å². The molecule has 0 atom stereocenters. The lowest BCUT2D eigenvalue weighted by atomic mass is 10.2. The molecule has 0 amide bonds. The lowest BCUT2D eigenvalue weighted by molar-refractivity contribution is 0.434. The zero-order valence-electron chi connectivity index (χ0n) is 10.6. The van der Waals surface area contributed by atoms with Crippen molar-refractivity contribution in [1.29, 1.82) is 5.26 Å². The Labute approximate surface area is 132 Å². The molecule has 4 nitrogen and oxygen atoms in total. The average molecular weight is 320 g/mol. The molecule has 0 unspecified atom stereocenters. The van der Waals surface area contributed by atoms with Gasteiger partial charge in [0.15, 0.2) is 0 Å². The monoisotopic (exact) mass is 320 g/mol. The highest BCUT2D eigenvalue weighted by atomic mass is 32.1. The molecule has 2 aromatic rings. The number of thiocarbonyl (C=S) groups is 1. The Morgan fingerprint density at radius 2 is 2.10 bits per heavy atom. The maximum Gasteiger partial charge on any atom is 0.147 e. The van der Waals surface area contributed by atoms with Crippen LogP contribution in [0.25, 0.3) is 10.6 Å². The Kier molecular flexibility index (Phi) is 5.47. The molecule has 1 aromatic heterocycles. The number of benzene rings is 1. The first-order valence-corrected chi connectivity index (χ1v) is 7.60. The molecule has 1 heterocycles. The highest BCUT2D eigenvalue weighted by Crippen LogP contribution is 2.24. The molecular formula is C13H12N4S3. The Morgan fingerprint density at radius 1 is 1.35 bits per heavy atom. The molecule has 0 N–H and O–H groups in total. The smallest absolute Gasteiger partial charge is 0.147 e. The zero-order valence-corrected chi connectivity index (χ0v) is 13.1. The minimum absolute atomic E-state index is 0.408. The Balaban J connectivity index is 2.09. The third kappa shape index (κ3) is 4.00. The Morgan fingerprint density at radius 3 is 2.75 bits per heavy atom. The standard InChI is InChI=1S/C13H12N4S3/c14-7-4-8-17(13(18)19)9-11-15-16-12(20-11)10-5-2-1-3-6-10/h1-3,5-6H,4,8-9H2,(H,18,19). The summed E-state index contributed by atoms with van der Waals surface area (Å²) in [5, 5.41) is 18.7. The maximum absolute atomic E-state index is 8.65. The van der Waals surface area contributed by atoms with E-state index in [4.69, 9.17) is 17.5 Å². The largest absolute Gasteiger partial charge is 0.350 e. The third-order valence-electron chi connectivity index (χ3n) is 2.58. The molecule has 0 fully saturated rings.